The first-order valence-corrected chi connectivity index (χ1v) is 10.7. The Kier molecular flexibility index (Phi) is 5.81. The fourth-order valence-corrected chi connectivity index (χ4v) is 3.45. The summed E-state index contributed by atoms with van der Waals surface area (Å²) in [6.45, 7) is 3.77. The van der Waals surface area contributed by atoms with Gasteiger partial charge in [-0.05, 0) is 26.0 Å². The number of hydrogen-bond donors (Lipinski definition) is 2. The molecule has 5 aromatic rings. The number of benzene rings is 2. The first-order chi connectivity index (χ1) is 16.7. The van der Waals surface area contributed by atoms with Crippen LogP contribution in [0.1, 0.15) is 25.2 Å². The van der Waals surface area contributed by atoms with Gasteiger partial charge in [0, 0.05) is 21.5 Å². The highest BCUT2D eigenvalue weighted by Crippen LogP contribution is 2.20. The van der Waals surface area contributed by atoms with E-state index in [-0.39, 0.29) is 0 Å². The van der Waals surface area contributed by atoms with Crippen LogP contribution in [0.15, 0.2) is 89.3 Å². The van der Waals surface area contributed by atoms with Gasteiger partial charge in [0.2, 0.25) is 0 Å². The molecule has 3 heterocycles. The monoisotopic (exact) mass is 447 g/mol. The average Bonchev–Trinajstić information content (AvgIpc) is 2.90. The summed E-state index contributed by atoms with van der Waals surface area (Å²) < 4.78 is 0. The van der Waals surface area contributed by atoms with Crippen LogP contribution < -0.4 is 10.9 Å². The molecule has 0 saturated carbocycles. The van der Waals surface area contributed by atoms with Crippen LogP contribution in [-0.4, -0.2) is 36.8 Å². The predicted molar refractivity (Wildman–Crippen MR) is 135 cm³/mol. The lowest BCUT2D eigenvalue weighted by atomic mass is 10.2. The predicted octanol–water partition coefficient (Wildman–Crippen LogP) is 4.64. The molecule has 0 spiro atoms. The maximum Gasteiger partial charge on any atom is 0.176 e. The van der Waals surface area contributed by atoms with Gasteiger partial charge in [-0.2, -0.15) is 20.4 Å². The summed E-state index contributed by atoms with van der Waals surface area (Å²) in [6.07, 6.45) is 3.45. The molecule has 9 nitrogen and oxygen atoms in total. The zero-order valence-corrected chi connectivity index (χ0v) is 18.6. The topological polar surface area (TPSA) is 113 Å². The SMILES string of the molecule is C/C(=N\Nc1nncc2ccccc12)c1cccc(/C(C)=N/Nc2nncc3ccccc23)n1. The Morgan fingerprint density at radius 3 is 1.59 bits per heavy atom. The minimum Gasteiger partial charge on any atom is -0.259 e. The summed E-state index contributed by atoms with van der Waals surface area (Å²) in [7, 11) is 0. The standard InChI is InChI=1S/C25H21N9/c1-16(29-33-24-20-10-5-3-8-18(20)14-26-31-24)22-12-7-13-23(28-22)17(2)30-34-25-21-11-6-4-9-19(21)15-27-32-25/h3-15H,1-2H3,(H,31,33)(H,32,34)/b29-16+,30-17+. The molecule has 2 N–H and O–H groups in total. The molecule has 0 amide bonds. The first-order valence-electron chi connectivity index (χ1n) is 10.7. The number of anilines is 2. The summed E-state index contributed by atoms with van der Waals surface area (Å²) >= 11 is 0. The summed E-state index contributed by atoms with van der Waals surface area (Å²) in [5.41, 5.74) is 8.88. The van der Waals surface area contributed by atoms with Crippen LogP contribution in [-0.2, 0) is 0 Å². The second-order valence-corrected chi connectivity index (χ2v) is 7.59. The zero-order chi connectivity index (χ0) is 23.3. The highest BCUT2D eigenvalue weighted by Gasteiger charge is 2.07. The zero-order valence-electron chi connectivity index (χ0n) is 18.6. The molecular weight excluding hydrogens is 426 g/mol. The molecule has 0 atom stereocenters. The third-order valence-corrected chi connectivity index (χ3v) is 5.29. The van der Waals surface area contributed by atoms with E-state index in [0.29, 0.717) is 23.1 Å². The van der Waals surface area contributed by atoms with E-state index in [2.05, 4.69) is 41.4 Å². The van der Waals surface area contributed by atoms with Crippen molar-refractivity contribution in [3.63, 3.8) is 0 Å². The van der Waals surface area contributed by atoms with Crippen molar-refractivity contribution in [3.8, 4) is 0 Å². The largest absolute Gasteiger partial charge is 0.259 e. The number of aromatic nitrogens is 5. The van der Waals surface area contributed by atoms with Crippen molar-refractivity contribution in [2.75, 3.05) is 10.9 Å². The maximum absolute atomic E-state index is 4.71. The molecule has 0 aliphatic rings. The molecule has 0 radical (unpaired) electrons. The van der Waals surface area contributed by atoms with Gasteiger partial charge in [-0.25, -0.2) is 4.98 Å². The van der Waals surface area contributed by atoms with E-state index in [1.165, 1.54) is 0 Å². The van der Waals surface area contributed by atoms with Crippen molar-refractivity contribution in [1.82, 2.24) is 25.4 Å². The van der Waals surface area contributed by atoms with Gasteiger partial charge in [0.25, 0.3) is 0 Å². The van der Waals surface area contributed by atoms with Crippen LogP contribution >= 0.6 is 0 Å². The molecule has 2 aromatic carbocycles. The molecule has 5 rings (SSSR count). The summed E-state index contributed by atoms with van der Waals surface area (Å²) in [4.78, 5) is 4.71. The molecule has 0 unspecified atom stereocenters. The van der Waals surface area contributed by atoms with Crippen molar-refractivity contribution >= 4 is 44.6 Å². The molecule has 0 fully saturated rings. The van der Waals surface area contributed by atoms with E-state index >= 15 is 0 Å². The minimum absolute atomic E-state index is 0.590. The number of hydrazone groups is 2. The van der Waals surface area contributed by atoms with Gasteiger partial charge in [-0.1, -0.05) is 54.6 Å². The Hall–Kier alpha value is -4.79. The van der Waals surface area contributed by atoms with Crippen LogP contribution in [0.5, 0.6) is 0 Å². The molecule has 3 aromatic heterocycles. The van der Waals surface area contributed by atoms with Crippen molar-refractivity contribution in [3.05, 3.63) is 90.5 Å². The van der Waals surface area contributed by atoms with Crippen molar-refractivity contribution in [1.29, 1.82) is 0 Å². The fraction of sp³-hybridized carbons (Fsp3) is 0.0800. The van der Waals surface area contributed by atoms with Gasteiger partial charge in [-0.15, -0.1) is 10.2 Å². The minimum atomic E-state index is 0.590. The molecule has 34 heavy (non-hydrogen) atoms. The molecular formula is C25H21N9. The van der Waals surface area contributed by atoms with E-state index in [9.17, 15) is 0 Å². The van der Waals surface area contributed by atoms with E-state index in [1.54, 1.807) is 12.4 Å². The number of nitrogens with zero attached hydrogens (tertiary/aromatic N) is 7. The van der Waals surface area contributed by atoms with Crippen molar-refractivity contribution in [2.45, 2.75) is 13.8 Å². The van der Waals surface area contributed by atoms with Gasteiger partial charge >= 0.3 is 0 Å². The maximum atomic E-state index is 4.71. The first kappa shape index (κ1) is 21.1. The van der Waals surface area contributed by atoms with Crippen LogP contribution in [0.4, 0.5) is 11.6 Å². The quantitative estimate of drug-likeness (QED) is 0.288. The van der Waals surface area contributed by atoms with Gasteiger partial charge in [0.1, 0.15) is 0 Å². The molecule has 0 bridgehead atoms. The van der Waals surface area contributed by atoms with Crippen LogP contribution in [0.25, 0.3) is 21.5 Å². The highest BCUT2D eigenvalue weighted by molar-refractivity contribution is 6.01. The lowest BCUT2D eigenvalue weighted by molar-refractivity contribution is 1.04. The normalized spacial score (nSPS) is 12.2. The Morgan fingerprint density at radius 1 is 0.618 bits per heavy atom. The smallest absolute Gasteiger partial charge is 0.176 e. The number of nitrogens with one attached hydrogen (secondary N) is 2. The summed E-state index contributed by atoms with van der Waals surface area (Å²) in [5.74, 6) is 1.18. The Labute approximate surface area is 195 Å². The number of rotatable bonds is 6. The lowest BCUT2D eigenvalue weighted by Gasteiger charge is -2.07. The van der Waals surface area contributed by atoms with Crippen LogP contribution in [0.2, 0.25) is 0 Å². The Balaban J connectivity index is 1.36. The van der Waals surface area contributed by atoms with Crippen molar-refractivity contribution in [2.24, 2.45) is 10.2 Å². The van der Waals surface area contributed by atoms with Crippen molar-refractivity contribution < 1.29 is 0 Å². The third kappa shape index (κ3) is 4.40. The molecule has 0 aliphatic carbocycles. The number of pyridine rings is 1. The molecule has 0 aliphatic heterocycles. The van der Waals surface area contributed by atoms with Crippen LogP contribution in [0.3, 0.4) is 0 Å². The van der Waals surface area contributed by atoms with E-state index < -0.39 is 0 Å². The van der Waals surface area contributed by atoms with E-state index in [0.717, 1.165) is 32.9 Å². The second-order valence-electron chi connectivity index (χ2n) is 7.59. The average molecular weight is 448 g/mol. The van der Waals surface area contributed by atoms with Gasteiger partial charge in [-0.3, -0.25) is 10.9 Å². The Bertz CT molecular complexity index is 1420. The molecule has 166 valence electrons. The van der Waals surface area contributed by atoms with Crippen LogP contribution in [0, 0.1) is 0 Å². The van der Waals surface area contributed by atoms with Gasteiger partial charge < -0.3 is 0 Å². The summed E-state index contributed by atoms with van der Waals surface area (Å²) in [6, 6.07) is 21.5. The van der Waals surface area contributed by atoms with Gasteiger partial charge in [0.05, 0.1) is 35.2 Å². The fourth-order valence-electron chi connectivity index (χ4n) is 3.45. The van der Waals surface area contributed by atoms with Gasteiger partial charge in [0.15, 0.2) is 11.6 Å². The molecule has 0 saturated heterocycles. The summed E-state index contributed by atoms with van der Waals surface area (Å²) in [5, 5.41) is 29.2. The molecule has 9 heteroatoms. The number of fused-ring (bicyclic) bond motifs is 2. The van der Waals surface area contributed by atoms with E-state index in [1.807, 2.05) is 80.6 Å². The highest BCUT2D eigenvalue weighted by atomic mass is 15.4. The second kappa shape index (κ2) is 9.37. The lowest BCUT2D eigenvalue weighted by Crippen LogP contribution is -2.09. The Morgan fingerprint density at radius 2 is 1.09 bits per heavy atom. The third-order valence-electron chi connectivity index (χ3n) is 5.29. The van der Waals surface area contributed by atoms with E-state index in [4.69, 9.17) is 4.98 Å². The number of hydrogen-bond acceptors (Lipinski definition) is 9.